The number of Topliss-reactive ketones (excluding diaryl/α,β-unsaturated/α-hetero) is 1. The second kappa shape index (κ2) is 8.90. The molecule has 0 saturated heterocycles. The van der Waals surface area contributed by atoms with Gasteiger partial charge < -0.3 is 15.0 Å². The lowest BCUT2D eigenvalue weighted by Gasteiger charge is -2.28. The Bertz CT molecular complexity index is 905. The van der Waals surface area contributed by atoms with Crippen LogP contribution in [0.2, 0.25) is 0 Å². The van der Waals surface area contributed by atoms with Crippen LogP contribution in [0, 0.1) is 5.92 Å². The topological polar surface area (TPSA) is 75.7 Å². The normalized spacial score (nSPS) is 13.9. The summed E-state index contributed by atoms with van der Waals surface area (Å²) in [7, 11) is 1.56. The zero-order valence-electron chi connectivity index (χ0n) is 17.0. The van der Waals surface area contributed by atoms with Crippen LogP contribution in [0.5, 0.6) is 5.75 Å². The van der Waals surface area contributed by atoms with E-state index >= 15 is 0 Å². The molecule has 3 rings (SSSR count). The molecule has 29 heavy (non-hydrogen) atoms. The number of carbonyl (C=O) groups excluding carboxylic acids is 3. The first-order valence-corrected chi connectivity index (χ1v) is 9.74. The van der Waals surface area contributed by atoms with Gasteiger partial charge in [0.25, 0.3) is 5.91 Å². The number of fused-ring (bicyclic) bond motifs is 1. The van der Waals surface area contributed by atoms with Gasteiger partial charge in [-0.15, -0.1) is 0 Å². The summed E-state index contributed by atoms with van der Waals surface area (Å²) >= 11 is 0. The van der Waals surface area contributed by atoms with Crippen molar-refractivity contribution < 1.29 is 19.1 Å². The lowest BCUT2D eigenvalue weighted by molar-refractivity contribution is -0.126. The first kappa shape index (κ1) is 20.6. The third-order valence-corrected chi connectivity index (χ3v) is 5.06. The fraction of sp³-hybridized carbons (Fsp3) is 0.348. The van der Waals surface area contributed by atoms with E-state index in [1.165, 1.54) is 0 Å². The minimum absolute atomic E-state index is 0.116. The lowest BCUT2D eigenvalue weighted by Crippen LogP contribution is -2.48. The summed E-state index contributed by atoms with van der Waals surface area (Å²) in [5.74, 6) is 0.249. The summed E-state index contributed by atoms with van der Waals surface area (Å²) in [6.07, 6.45) is 0.530. The molecule has 6 nitrogen and oxygen atoms in total. The Morgan fingerprint density at radius 1 is 1.10 bits per heavy atom. The van der Waals surface area contributed by atoms with E-state index in [0.717, 1.165) is 5.56 Å². The van der Waals surface area contributed by atoms with E-state index in [2.05, 4.69) is 5.32 Å². The molecule has 0 saturated carbocycles. The van der Waals surface area contributed by atoms with E-state index in [9.17, 15) is 14.4 Å². The molecule has 2 aromatic carbocycles. The molecule has 0 aromatic heterocycles. The fourth-order valence-corrected chi connectivity index (χ4v) is 3.52. The van der Waals surface area contributed by atoms with Gasteiger partial charge in [0.05, 0.1) is 13.7 Å². The molecular weight excluding hydrogens is 368 g/mol. The summed E-state index contributed by atoms with van der Waals surface area (Å²) in [5, 5.41) is 2.73. The Hall–Kier alpha value is -3.15. The Kier molecular flexibility index (Phi) is 6.32. The molecule has 6 heteroatoms. The zero-order chi connectivity index (χ0) is 21.0. The average Bonchev–Trinajstić information content (AvgIpc) is 3.06. The number of rotatable bonds is 8. The SMILES string of the molecule is COc1ccc(C(=O)CNC(=O)[C@H](CC(C)C)N2Cc3ccccc3C2=O)cc1. The van der Waals surface area contributed by atoms with Crippen molar-refractivity contribution in [2.24, 2.45) is 5.92 Å². The number of ether oxygens (including phenoxy) is 1. The van der Waals surface area contributed by atoms with Gasteiger partial charge in [-0.1, -0.05) is 32.0 Å². The third-order valence-electron chi connectivity index (χ3n) is 5.06. The van der Waals surface area contributed by atoms with Crippen LogP contribution < -0.4 is 10.1 Å². The maximum absolute atomic E-state index is 12.9. The highest BCUT2D eigenvalue weighted by Gasteiger charge is 2.36. The highest BCUT2D eigenvalue weighted by atomic mass is 16.5. The molecule has 152 valence electrons. The number of nitrogens with one attached hydrogen (secondary N) is 1. The van der Waals surface area contributed by atoms with Gasteiger partial charge in [-0.05, 0) is 48.2 Å². The molecule has 1 aliphatic heterocycles. The van der Waals surface area contributed by atoms with Gasteiger partial charge in [-0.25, -0.2) is 0 Å². The van der Waals surface area contributed by atoms with Crippen molar-refractivity contribution in [3.05, 3.63) is 65.2 Å². The minimum Gasteiger partial charge on any atom is -0.497 e. The third kappa shape index (κ3) is 4.65. The number of amides is 2. The summed E-state index contributed by atoms with van der Waals surface area (Å²) < 4.78 is 5.09. The molecule has 0 bridgehead atoms. The number of hydrogen-bond donors (Lipinski definition) is 1. The predicted molar refractivity (Wildman–Crippen MR) is 110 cm³/mol. The Morgan fingerprint density at radius 3 is 2.41 bits per heavy atom. The number of benzene rings is 2. The molecule has 2 aromatic rings. The van der Waals surface area contributed by atoms with Crippen molar-refractivity contribution in [1.82, 2.24) is 10.2 Å². The van der Waals surface area contributed by atoms with Crippen LogP contribution in [0.1, 0.15) is 46.5 Å². The van der Waals surface area contributed by atoms with Gasteiger partial charge in [0.2, 0.25) is 5.91 Å². The maximum Gasteiger partial charge on any atom is 0.255 e. The Morgan fingerprint density at radius 2 is 1.79 bits per heavy atom. The van der Waals surface area contributed by atoms with Crippen molar-refractivity contribution in [2.75, 3.05) is 13.7 Å². The molecule has 1 aliphatic rings. The molecule has 0 spiro atoms. The zero-order valence-corrected chi connectivity index (χ0v) is 17.0. The van der Waals surface area contributed by atoms with Crippen LogP contribution in [-0.2, 0) is 11.3 Å². The van der Waals surface area contributed by atoms with E-state index in [1.807, 2.05) is 32.0 Å². The maximum atomic E-state index is 12.9. The van der Waals surface area contributed by atoms with E-state index in [4.69, 9.17) is 4.74 Å². The molecule has 1 heterocycles. The van der Waals surface area contributed by atoms with Crippen molar-refractivity contribution in [2.45, 2.75) is 32.9 Å². The molecule has 0 unspecified atom stereocenters. The van der Waals surface area contributed by atoms with Crippen molar-refractivity contribution in [3.63, 3.8) is 0 Å². The monoisotopic (exact) mass is 394 g/mol. The van der Waals surface area contributed by atoms with Crippen LogP contribution in [0.4, 0.5) is 0 Å². The van der Waals surface area contributed by atoms with Gasteiger partial charge >= 0.3 is 0 Å². The lowest BCUT2D eigenvalue weighted by atomic mass is 10.0. The number of carbonyl (C=O) groups is 3. The van der Waals surface area contributed by atoms with Crippen LogP contribution in [0.25, 0.3) is 0 Å². The number of ketones is 1. The minimum atomic E-state index is -0.612. The van der Waals surface area contributed by atoms with Gasteiger partial charge in [0, 0.05) is 17.7 Å². The van der Waals surface area contributed by atoms with Crippen LogP contribution in [-0.4, -0.2) is 42.2 Å². The molecule has 2 amide bonds. The molecular formula is C23H26N2O4. The summed E-state index contributed by atoms with van der Waals surface area (Å²) in [6.45, 7) is 4.31. The van der Waals surface area contributed by atoms with Crippen LogP contribution >= 0.6 is 0 Å². The van der Waals surface area contributed by atoms with Crippen molar-refractivity contribution in [3.8, 4) is 5.75 Å². The van der Waals surface area contributed by atoms with Gasteiger partial charge in [-0.2, -0.15) is 0 Å². The molecule has 0 radical (unpaired) electrons. The number of methoxy groups -OCH3 is 1. The van der Waals surface area contributed by atoms with E-state index in [1.54, 1.807) is 42.3 Å². The summed E-state index contributed by atoms with van der Waals surface area (Å²) in [5.41, 5.74) is 2.06. The molecule has 0 aliphatic carbocycles. The first-order chi connectivity index (χ1) is 13.9. The number of nitrogens with zero attached hydrogens (tertiary/aromatic N) is 1. The fourth-order valence-electron chi connectivity index (χ4n) is 3.52. The highest BCUT2D eigenvalue weighted by Crippen LogP contribution is 2.26. The summed E-state index contributed by atoms with van der Waals surface area (Å²) in [4.78, 5) is 39.8. The Labute approximate surface area is 170 Å². The smallest absolute Gasteiger partial charge is 0.255 e. The predicted octanol–water partition coefficient (Wildman–Crippen LogP) is 3.06. The Balaban J connectivity index is 1.68. The molecule has 1 N–H and O–H groups in total. The van der Waals surface area contributed by atoms with Crippen molar-refractivity contribution in [1.29, 1.82) is 0 Å². The number of hydrogen-bond acceptors (Lipinski definition) is 4. The molecule has 0 fully saturated rings. The van der Waals surface area contributed by atoms with E-state index in [-0.39, 0.29) is 30.1 Å². The first-order valence-electron chi connectivity index (χ1n) is 9.74. The van der Waals surface area contributed by atoms with Gasteiger partial charge in [-0.3, -0.25) is 14.4 Å². The second-order valence-electron chi connectivity index (χ2n) is 7.61. The van der Waals surface area contributed by atoms with Gasteiger partial charge in [0.1, 0.15) is 11.8 Å². The second-order valence-corrected chi connectivity index (χ2v) is 7.61. The summed E-state index contributed by atoms with van der Waals surface area (Å²) in [6, 6.07) is 13.5. The molecule has 1 atom stereocenters. The largest absolute Gasteiger partial charge is 0.497 e. The van der Waals surface area contributed by atoms with Crippen LogP contribution in [0.15, 0.2) is 48.5 Å². The van der Waals surface area contributed by atoms with Gasteiger partial charge in [0.15, 0.2) is 5.78 Å². The van der Waals surface area contributed by atoms with E-state index < -0.39 is 6.04 Å². The van der Waals surface area contributed by atoms with E-state index in [0.29, 0.717) is 29.8 Å². The highest BCUT2D eigenvalue weighted by molar-refractivity contribution is 6.02. The van der Waals surface area contributed by atoms with Crippen molar-refractivity contribution >= 4 is 17.6 Å². The standard InChI is InChI=1S/C23H26N2O4/c1-15(2)12-20(25-14-17-6-4-5-7-19(17)23(25)28)22(27)24-13-21(26)16-8-10-18(29-3)11-9-16/h4-11,15,20H,12-14H2,1-3H3,(H,24,27)/t20-/m0/s1. The quantitative estimate of drug-likeness (QED) is 0.698. The average molecular weight is 394 g/mol. The van der Waals surface area contributed by atoms with Crippen LogP contribution in [0.3, 0.4) is 0 Å².